The van der Waals surface area contributed by atoms with Gasteiger partial charge in [0.2, 0.25) is 0 Å². The number of aromatic amines is 1. The molecular formula is C16H11ClF5N3S. The first-order chi connectivity index (χ1) is 12.1. The average Bonchev–Trinajstić information content (AvgIpc) is 2.97. The second-order valence-electron chi connectivity index (χ2n) is 4.98. The Morgan fingerprint density at radius 2 is 1.77 bits per heavy atom. The van der Waals surface area contributed by atoms with Gasteiger partial charge in [-0.25, -0.2) is 8.78 Å². The van der Waals surface area contributed by atoms with E-state index in [9.17, 15) is 22.0 Å². The number of nitrogens with one attached hydrogen (secondary N) is 1. The van der Waals surface area contributed by atoms with Crippen LogP contribution in [0.1, 0.15) is 5.56 Å². The number of aromatic nitrogens is 2. The van der Waals surface area contributed by atoms with Gasteiger partial charge in [0, 0.05) is 28.4 Å². The van der Waals surface area contributed by atoms with Gasteiger partial charge >= 0.3 is 6.18 Å². The van der Waals surface area contributed by atoms with Crippen molar-refractivity contribution >= 4 is 29.9 Å². The Kier molecular flexibility index (Phi) is 6.14. The Morgan fingerprint density at radius 1 is 1.08 bits per heavy atom. The lowest BCUT2D eigenvalue weighted by Gasteiger charge is -2.08. The molecule has 0 aliphatic carbocycles. The van der Waals surface area contributed by atoms with E-state index in [-0.39, 0.29) is 6.07 Å². The lowest BCUT2D eigenvalue weighted by atomic mass is 10.2. The number of anilines is 1. The molecule has 0 fully saturated rings. The van der Waals surface area contributed by atoms with Gasteiger partial charge in [0.15, 0.2) is 0 Å². The largest absolute Gasteiger partial charge is 0.419 e. The van der Waals surface area contributed by atoms with Crippen molar-refractivity contribution in [2.75, 3.05) is 5.73 Å². The molecule has 0 aliphatic rings. The molecular weight excluding hydrogens is 397 g/mol. The molecule has 0 bridgehead atoms. The van der Waals surface area contributed by atoms with Gasteiger partial charge in [-0.05, 0) is 24.3 Å². The number of pyridine rings is 1. The molecule has 0 saturated heterocycles. The molecule has 3 N–H and O–H groups in total. The summed E-state index contributed by atoms with van der Waals surface area (Å²) in [5.41, 5.74) is 4.30. The van der Waals surface area contributed by atoms with E-state index in [1.807, 2.05) is 6.07 Å². The molecule has 0 saturated carbocycles. The number of thiol groups is 1. The van der Waals surface area contributed by atoms with Crippen LogP contribution >= 0.6 is 24.2 Å². The van der Waals surface area contributed by atoms with Gasteiger partial charge in [-0.15, -0.1) is 12.6 Å². The predicted octanol–water partition coefficient (Wildman–Crippen LogP) is 5.58. The molecule has 3 aromatic rings. The highest BCUT2D eigenvalue weighted by Crippen LogP contribution is 2.33. The van der Waals surface area contributed by atoms with Gasteiger partial charge in [0.25, 0.3) is 0 Å². The monoisotopic (exact) mass is 407 g/mol. The van der Waals surface area contributed by atoms with Crippen molar-refractivity contribution in [2.45, 2.75) is 11.1 Å². The number of benzene rings is 1. The summed E-state index contributed by atoms with van der Waals surface area (Å²) in [5.74, 6) is -2.86. The highest BCUT2D eigenvalue weighted by Gasteiger charge is 2.34. The lowest BCUT2D eigenvalue weighted by Crippen LogP contribution is -2.09. The maximum absolute atomic E-state index is 12.6. The van der Waals surface area contributed by atoms with Crippen molar-refractivity contribution in [2.24, 2.45) is 0 Å². The molecule has 0 spiro atoms. The summed E-state index contributed by atoms with van der Waals surface area (Å²) in [6.07, 6.45) is -1.42. The molecule has 0 atom stereocenters. The summed E-state index contributed by atoms with van der Waals surface area (Å²) < 4.78 is 60.8. The Labute approximate surface area is 155 Å². The Hall–Kier alpha value is -2.26. The molecule has 2 aromatic heterocycles. The summed E-state index contributed by atoms with van der Waals surface area (Å²) in [6.45, 7) is 0. The van der Waals surface area contributed by atoms with Crippen LogP contribution in [0, 0.1) is 11.6 Å². The van der Waals surface area contributed by atoms with E-state index in [2.05, 4.69) is 22.6 Å². The Balaban J connectivity index is 0.000000187. The second-order valence-corrected chi connectivity index (χ2v) is 5.94. The first kappa shape index (κ1) is 20.1. The SMILES string of the molecule is Nc1cc(F)c(C(F)(F)F)cc1F.Sc1c[nH]c(-c2cc(Cl)ccn2)c1. The maximum Gasteiger partial charge on any atom is 0.419 e. The minimum Gasteiger partial charge on any atom is -0.396 e. The van der Waals surface area contributed by atoms with Crippen LogP contribution in [0.25, 0.3) is 11.4 Å². The summed E-state index contributed by atoms with van der Waals surface area (Å²) in [5, 5.41) is 0.681. The Morgan fingerprint density at radius 3 is 2.31 bits per heavy atom. The van der Waals surface area contributed by atoms with Crippen molar-refractivity contribution in [1.29, 1.82) is 0 Å². The van der Waals surface area contributed by atoms with Crippen LogP contribution in [0.2, 0.25) is 5.02 Å². The summed E-state index contributed by atoms with van der Waals surface area (Å²) in [4.78, 5) is 8.11. The smallest absolute Gasteiger partial charge is 0.396 e. The molecule has 0 unspecified atom stereocenters. The number of nitrogen functional groups attached to an aromatic ring is 1. The lowest BCUT2D eigenvalue weighted by molar-refractivity contribution is -0.140. The van der Waals surface area contributed by atoms with Crippen LogP contribution < -0.4 is 5.73 Å². The normalized spacial score (nSPS) is 11.0. The number of halogens is 6. The van der Waals surface area contributed by atoms with Crippen LogP contribution in [0.5, 0.6) is 0 Å². The van der Waals surface area contributed by atoms with E-state index in [4.69, 9.17) is 17.3 Å². The fraction of sp³-hybridized carbons (Fsp3) is 0.0625. The van der Waals surface area contributed by atoms with Crippen LogP contribution in [0.15, 0.2) is 47.6 Å². The van der Waals surface area contributed by atoms with Gasteiger partial charge < -0.3 is 10.7 Å². The zero-order chi connectivity index (χ0) is 19.5. The summed E-state index contributed by atoms with van der Waals surface area (Å²) in [7, 11) is 0. The standard InChI is InChI=1S/C9H7ClN2S.C7H4F5N/c10-6-1-2-11-8(3-6)9-4-7(13)5-12-9;8-4-2-6(13)5(9)1-3(4)7(10,11)12/h1-5,12-13H;1-2H,13H2. The van der Waals surface area contributed by atoms with E-state index in [1.54, 1.807) is 24.5 Å². The number of H-pyrrole nitrogens is 1. The van der Waals surface area contributed by atoms with Gasteiger partial charge in [0.1, 0.15) is 11.6 Å². The highest BCUT2D eigenvalue weighted by molar-refractivity contribution is 7.80. The third-order valence-electron chi connectivity index (χ3n) is 3.06. The number of alkyl halides is 3. The number of hydrogen-bond donors (Lipinski definition) is 3. The predicted molar refractivity (Wildman–Crippen MR) is 92.1 cm³/mol. The fourth-order valence-corrected chi connectivity index (χ4v) is 2.22. The topological polar surface area (TPSA) is 54.7 Å². The molecule has 0 amide bonds. The summed E-state index contributed by atoms with van der Waals surface area (Å²) >= 11 is 10.0. The van der Waals surface area contributed by atoms with E-state index < -0.39 is 29.1 Å². The molecule has 26 heavy (non-hydrogen) atoms. The fourth-order valence-electron chi connectivity index (χ4n) is 1.86. The molecule has 1 aromatic carbocycles. The van der Waals surface area contributed by atoms with Crippen molar-refractivity contribution in [3.63, 3.8) is 0 Å². The third kappa shape index (κ3) is 5.12. The molecule has 3 nitrogen and oxygen atoms in total. The second kappa shape index (κ2) is 7.96. The molecule has 2 heterocycles. The van der Waals surface area contributed by atoms with Crippen LogP contribution in [0.3, 0.4) is 0 Å². The number of rotatable bonds is 1. The maximum atomic E-state index is 12.6. The zero-order valence-electron chi connectivity index (χ0n) is 12.8. The van der Waals surface area contributed by atoms with Crippen molar-refractivity contribution in [3.05, 3.63) is 64.9 Å². The van der Waals surface area contributed by atoms with E-state index in [1.165, 1.54) is 0 Å². The molecule has 3 rings (SSSR count). The zero-order valence-corrected chi connectivity index (χ0v) is 14.4. The Bertz CT molecular complexity index is 911. The van der Waals surface area contributed by atoms with Crippen LogP contribution in [-0.2, 0) is 6.18 Å². The molecule has 10 heteroatoms. The molecule has 0 radical (unpaired) electrons. The molecule has 138 valence electrons. The summed E-state index contributed by atoms with van der Waals surface area (Å²) in [6, 6.07) is 5.79. The average molecular weight is 408 g/mol. The highest BCUT2D eigenvalue weighted by atomic mass is 35.5. The van der Waals surface area contributed by atoms with Crippen molar-refractivity contribution in [3.8, 4) is 11.4 Å². The van der Waals surface area contributed by atoms with Crippen molar-refractivity contribution in [1.82, 2.24) is 9.97 Å². The minimum atomic E-state index is -4.90. The van der Waals surface area contributed by atoms with E-state index in [0.717, 1.165) is 16.3 Å². The first-order valence-corrected chi connectivity index (χ1v) is 7.71. The van der Waals surface area contributed by atoms with E-state index in [0.29, 0.717) is 11.1 Å². The van der Waals surface area contributed by atoms with Crippen molar-refractivity contribution < 1.29 is 22.0 Å². The number of hydrogen-bond acceptors (Lipinski definition) is 3. The van der Waals surface area contributed by atoms with Gasteiger partial charge in [0.05, 0.1) is 22.6 Å². The van der Waals surface area contributed by atoms with E-state index >= 15 is 0 Å². The van der Waals surface area contributed by atoms with Crippen LogP contribution in [-0.4, -0.2) is 9.97 Å². The number of nitrogens with two attached hydrogens (primary N) is 1. The first-order valence-electron chi connectivity index (χ1n) is 6.89. The van der Waals surface area contributed by atoms with Crippen LogP contribution in [0.4, 0.5) is 27.6 Å². The quantitative estimate of drug-likeness (QED) is 0.280. The van der Waals surface area contributed by atoms with Gasteiger partial charge in [-0.1, -0.05) is 11.6 Å². The van der Waals surface area contributed by atoms with Gasteiger partial charge in [-0.3, -0.25) is 4.98 Å². The molecule has 0 aliphatic heterocycles. The minimum absolute atomic E-state index is 0.0324. The van der Waals surface area contributed by atoms with Gasteiger partial charge in [-0.2, -0.15) is 13.2 Å². The number of nitrogens with zero attached hydrogens (tertiary/aromatic N) is 1. The third-order valence-corrected chi connectivity index (χ3v) is 3.55.